The van der Waals surface area contributed by atoms with Crippen LogP contribution in [0.15, 0.2) is 23.1 Å². The number of piperidine rings is 1. The zero-order valence-corrected chi connectivity index (χ0v) is 21.0. The molecule has 172 valence electrons. The van der Waals surface area contributed by atoms with E-state index in [1.807, 2.05) is 25.1 Å². The van der Waals surface area contributed by atoms with Crippen LogP contribution in [0.4, 0.5) is 11.5 Å². The van der Waals surface area contributed by atoms with Crippen LogP contribution in [-0.2, 0) is 0 Å². The van der Waals surface area contributed by atoms with Crippen molar-refractivity contribution < 1.29 is 9.53 Å². The van der Waals surface area contributed by atoms with Gasteiger partial charge in [0.2, 0.25) is 0 Å². The van der Waals surface area contributed by atoms with Crippen molar-refractivity contribution >= 4 is 61.8 Å². The average Bonchev–Trinajstić information content (AvgIpc) is 3.29. The molecule has 0 aliphatic carbocycles. The second-order valence-electron chi connectivity index (χ2n) is 7.91. The Morgan fingerprint density at radius 3 is 3.06 bits per heavy atom. The molecule has 9 nitrogen and oxygen atoms in total. The molecule has 1 saturated heterocycles. The maximum Gasteiger partial charge on any atom is 0.265 e. The minimum atomic E-state index is -0.167. The normalized spacial score (nSPS) is 16.7. The number of carbonyl (C=O) groups is 1. The highest BCUT2D eigenvalue weighted by Gasteiger charge is 2.27. The standard InChI is InChI=1S/C20H25BrClN7O2S/c1-27(2)6-7-31-14-9-16(22)32-18(14)20(30)26-12-4-3-5-28(10-12)13-8-15(21)29-17(13)19(23)24-11-25-29/h8-9,11-12H,3-7,10H2,1-2H3,(H,26,30)(H2,23,24,25). The van der Waals surface area contributed by atoms with Crippen LogP contribution >= 0.6 is 38.9 Å². The van der Waals surface area contributed by atoms with Gasteiger partial charge < -0.3 is 25.6 Å². The Morgan fingerprint density at radius 2 is 2.28 bits per heavy atom. The lowest BCUT2D eigenvalue weighted by Crippen LogP contribution is -2.47. The summed E-state index contributed by atoms with van der Waals surface area (Å²) in [5.74, 6) is 0.776. The molecule has 1 fully saturated rings. The summed E-state index contributed by atoms with van der Waals surface area (Å²) < 4.78 is 8.87. The molecule has 4 rings (SSSR count). The molecule has 4 heterocycles. The number of hydrogen-bond acceptors (Lipinski definition) is 8. The predicted molar refractivity (Wildman–Crippen MR) is 131 cm³/mol. The number of ether oxygens (including phenoxy) is 1. The van der Waals surface area contributed by atoms with E-state index in [4.69, 9.17) is 22.1 Å². The molecule has 1 atom stereocenters. The smallest absolute Gasteiger partial charge is 0.265 e. The largest absolute Gasteiger partial charge is 0.490 e. The molecule has 0 bridgehead atoms. The minimum Gasteiger partial charge on any atom is -0.490 e. The molecule has 0 spiro atoms. The summed E-state index contributed by atoms with van der Waals surface area (Å²) >= 11 is 10.9. The lowest BCUT2D eigenvalue weighted by Gasteiger charge is -2.34. The number of aromatic nitrogens is 3. The van der Waals surface area contributed by atoms with Crippen molar-refractivity contribution in [2.75, 3.05) is 51.0 Å². The van der Waals surface area contributed by atoms with Gasteiger partial charge in [0, 0.05) is 31.7 Å². The maximum absolute atomic E-state index is 13.0. The van der Waals surface area contributed by atoms with E-state index in [1.165, 1.54) is 17.7 Å². The number of likely N-dealkylation sites (N-methyl/N-ethyl adjacent to an activating group) is 1. The monoisotopic (exact) mass is 541 g/mol. The number of nitrogens with zero attached hydrogens (tertiary/aromatic N) is 5. The molecule has 1 aliphatic rings. The molecule has 3 aromatic rings. The molecule has 3 N–H and O–H groups in total. The summed E-state index contributed by atoms with van der Waals surface area (Å²) in [5.41, 5.74) is 7.83. The van der Waals surface area contributed by atoms with Crippen LogP contribution in [0.2, 0.25) is 4.34 Å². The fourth-order valence-electron chi connectivity index (χ4n) is 3.77. The summed E-state index contributed by atoms with van der Waals surface area (Å²) in [5, 5.41) is 7.42. The number of rotatable bonds is 7. The van der Waals surface area contributed by atoms with E-state index in [0.29, 0.717) is 33.9 Å². The lowest BCUT2D eigenvalue weighted by atomic mass is 10.0. The second kappa shape index (κ2) is 9.82. The first-order valence-corrected chi connectivity index (χ1v) is 12.2. The zero-order valence-electron chi connectivity index (χ0n) is 17.8. The summed E-state index contributed by atoms with van der Waals surface area (Å²) in [4.78, 5) is 21.9. The van der Waals surface area contributed by atoms with Gasteiger partial charge in [-0.3, -0.25) is 4.79 Å². The Bertz CT molecular complexity index is 1120. The van der Waals surface area contributed by atoms with Crippen LogP contribution in [0, 0.1) is 0 Å². The third-order valence-corrected chi connectivity index (χ3v) is 7.10. The SMILES string of the molecule is CN(C)CCOc1cc(Cl)sc1C(=O)NC1CCCN(c2cc(Br)n3ncnc(N)c23)C1. The van der Waals surface area contributed by atoms with Crippen LogP contribution < -0.4 is 20.7 Å². The van der Waals surface area contributed by atoms with Crippen molar-refractivity contribution in [1.82, 2.24) is 24.8 Å². The molecule has 12 heteroatoms. The number of halogens is 2. The average molecular weight is 543 g/mol. The Labute approximate surface area is 203 Å². The molecule has 0 radical (unpaired) electrons. The Kier molecular flexibility index (Phi) is 7.08. The van der Waals surface area contributed by atoms with E-state index in [-0.39, 0.29) is 11.9 Å². The Morgan fingerprint density at radius 1 is 1.47 bits per heavy atom. The highest BCUT2D eigenvalue weighted by Crippen LogP contribution is 2.34. The van der Waals surface area contributed by atoms with Crippen LogP contribution in [0.25, 0.3) is 5.52 Å². The van der Waals surface area contributed by atoms with Gasteiger partial charge in [0.25, 0.3) is 5.91 Å². The van der Waals surface area contributed by atoms with Crippen LogP contribution in [-0.4, -0.2) is 71.8 Å². The number of nitrogen functional groups attached to an aromatic ring is 1. The molecular weight excluding hydrogens is 518 g/mol. The second-order valence-corrected chi connectivity index (χ2v) is 10.4. The summed E-state index contributed by atoms with van der Waals surface area (Å²) in [6.07, 6.45) is 3.25. The van der Waals surface area contributed by atoms with E-state index < -0.39 is 0 Å². The van der Waals surface area contributed by atoms with Crippen molar-refractivity contribution in [3.05, 3.63) is 32.3 Å². The molecular formula is C20H25BrClN7O2S. The molecule has 0 aromatic carbocycles. The van der Waals surface area contributed by atoms with Gasteiger partial charge >= 0.3 is 0 Å². The van der Waals surface area contributed by atoms with Gasteiger partial charge in [-0.05, 0) is 48.9 Å². The number of anilines is 2. The third-order valence-electron chi connectivity index (χ3n) is 5.29. The van der Waals surface area contributed by atoms with E-state index >= 15 is 0 Å². The zero-order chi connectivity index (χ0) is 22.8. The number of hydrogen-bond donors (Lipinski definition) is 2. The summed E-state index contributed by atoms with van der Waals surface area (Å²) in [6.45, 7) is 2.75. The van der Waals surface area contributed by atoms with Crippen LogP contribution in [0.5, 0.6) is 5.75 Å². The fraction of sp³-hybridized carbons (Fsp3) is 0.450. The van der Waals surface area contributed by atoms with E-state index in [0.717, 1.165) is 41.7 Å². The summed E-state index contributed by atoms with van der Waals surface area (Å²) in [6, 6.07) is 3.67. The Balaban J connectivity index is 1.47. The molecule has 1 aliphatic heterocycles. The van der Waals surface area contributed by atoms with Crippen molar-refractivity contribution in [3.8, 4) is 5.75 Å². The molecule has 1 amide bonds. The molecule has 0 saturated carbocycles. The first kappa shape index (κ1) is 23.1. The topological polar surface area (TPSA) is 101 Å². The number of thiophene rings is 1. The highest BCUT2D eigenvalue weighted by atomic mass is 79.9. The van der Waals surface area contributed by atoms with Crippen LogP contribution in [0.1, 0.15) is 22.5 Å². The number of carbonyl (C=O) groups excluding carboxylic acids is 1. The van der Waals surface area contributed by atoms with Crippen molar-refractivity contribution in [2.45, 2.75) is 18.9 Å². The van der Waals surface area contributed by atoms with Gasteiger partial charge in [-0.25, -0.2) is 9.50 Å². The van der Waals surface area contributed by atoms with Crippen molar-refractivity contribution in [3.63, 3.8) is 0 Å². The molecule has 3 aromatic heterocycles. The van der Waals surface area contributed by atoms with Gasteiger partial charge in [-0.1, -0.05) is 11.6 Å². The van der Waals surface area contributed by atoms with Gasteiger partial charge in [-0.15, -0.1) is 11.3 Å². The number of nitrogens with two attached hydrogens (primary N) is 1. The van der Waals surface area contributed by atoms with Gasteiger partial charge in [-0.2, -0.15) is 5.10 Å². The lowest BCUT2D eigenvalue weighted by molar-refractivity contribution is 0.0933. The maximum atomic E-state index is 13.0. The van der Waals surface area contributed by atoms with Gasteiger partial charge in [0.05, 0.1) is 10.0 Å². The van der Waals surface area contributed by atoms with Gasteiger partial charge in [0.15, 0.2) is 5.82 Å². The fourth-order valence-corrected chi connectivity index (χ4v) is 5.31. The first-order valence-electron chi connectivity index (χ1n) is 10.2. The Hall–Kier alpha value is -2.08. The first-order chi connectivity index (χ1) is 15.3. The predicted octanol–water partition coefficient (Wildman–Crippen LogP) is 3.13. The van der Waals surface area contributed by atoms with Gasteiger partial charge in [0.1, 0.15) is 33.7 Å². The third kappa shape index (κ3) is 4.95. The van der Waals surface area contributed by atoms with E-state index in [1.54, 1.807) is 10.6 Å². The highest BCUT2D eigenvalue weighted by molar-refractivity contribution is 9.10. The number of nitrogens with one attached hydrogen (secondary N) is 1. The summed E-state index contributed by atoms with van der Waals surface area (Å²) in [7, 11) is 3.94. The molecule has 32 heavy (non-hydrogen) atoms. The molecule has 1 unspecified atom stereocenters. The van der Waals surface area contributed by atoms with Crippen LogP contribution in [0.3, 0.4) is 0 Å². The van der Waals surface area contributed by atoms with E-state index in [9.17, 15) is 4.79 Å². The van der Waals surface area contributed by atoms with E-state index in [2.05, 4.69) is 36.2 Å². The quantitative estimate of drug-likeness (QED) is 0.473. The number of fused-ring (bicyclic) bond motifs is 1. The number of amides is 1. The minimum absolute atomic E-state index is 0.0219. The van der Waals surface area contributed by atoms with Crippen molar-refractivity contribution in [2.24, 2.45) is 0 Å². The van der Waals surface area contributed by atoms with Crippen molar-refractivity contribution in [1.29, 1.82) is 0 Å².